The van der Waals surface area contributed by atoms with Gasteiger partial charge >= 0.3 is 5.97 Å². The predicted octanol–water partition coefficient (Wildman–Crippen LogP) is 4.68. The number of para-hydroxylation sites is 1. The number of hydrogen-bond donors (Lipinski definition) is 1. The predicted molar refractivity (Wildman–Crippen MR) is 94.9 cm³/mol. The monoisotopic (exact) mass is 373 g/mol. The number of rotatable bonds is 5. The Morgan fingerprint density at radius 2 is 1.83 bits per heavy atom. The van der Waals surface area contributed by atoms with Crippen LogP contribution in [0.3, 0.4) is 0 Å². The summed E-state index contributed by atoms with van der Waals surface area (Å²) in [6.07, 6.45) is 1.32. The first kappa shape index (κ1) is 17.0. The van der Waals surface area contributed by atoms with Crippen molar-refractivity contribution in [1.82, 2.24) is 0 Å². The van der Waals surface area contributed by atoms with Crippen LogP contribution >= 0.6 is 15.9 Å². The Bertz CT molecular complexity index is 722. The average Bonchev–Trinajstić information content (AvgIpc) is 2.56. The van der Waals surface area contributed by atoms with E-state index < -0.39 is 5.97 Å². The summed E-state index contributed by atoms with van der Waals surface area (Å²) in [7, 11) is 0. The third-order valence-electron chi connectivity index (χ3n) is 2.97. The number of aliphatic imine (C=N–C) groups is 1. The second-order valence-corrected chi connectivity index (χ2v) is 5.50. The molecule has 0 unspecified atom stereocenters. The van der Waals surface area contributed by atoms with Crippen molar-refractivity contribution in [2.75, 3.05) is 6.61 Å². The molecule has 0 bridgehead atoms. The van der Waals surface area contributed by atoms with Gasteiger partial charge in [-0.15, -0.1) is 0 Å². The van der Waals surface area contributed by atoms with Crippen LogP contribution in [0.2, 0.25) is 0 Å². The lowest BCUT2D eigenvalue weighted by molar-refractivity contribution is -0.137. The summed E-state index contributed by atoms with van der Waals surface area (Å²) >= 11 is 3.33. The summed E-state index contributed by atoms with van der Waals surface area (Å²) in [5.41, 5.74) is 1.20. The quantitative estimate of drug-likeness (QED) is 0.358. The molecule has 0 saturated heterocycles. The molecule has 0 heterocycles. The second-order valence-electron chi connectivity index (χ2n) is 4.58. The molecular weight excluding hydrogens is 358 g/mol. The first-order valence-electron chi connectivity index (χ1n) is 7.07. The first-order chi connectivity index (χ1) is 11.1. The zero-order valence-electron chi connectivity index (χ0n) is 12.6. The number of aliphatic hydroxyl groups excluding tert-OH is 1. The molecule has 2 aromatic carbocycles. The minimum Gasteiger partial charge on any atom is -0.506 e. The Hall–Kier alpha value is -2.40. The Morgan fingerprint density at radius 3 is 2.43 bits per heavy atom. The van der Waals surface area contributed by atoms with Gasteiger partial charge in [0.15, 0.2) is 0 Å². The van der Waals surface area contributed by atoms with Crippen molar-refractivity contribution in [2.24, 2.45) is 4.99 Å². The summed E-state index contributed by atoms with van der Waals surface area (Å²) in [5, 5.41) is 10.4. The average molecular weight is 374 g/mol. The van der Waals surface area contributed by atoms with Crippen LogP contribution in [0.15, 0.2) is 69.6 Å². The van der Waals surface area contributed by atoms with E-state index in [9.17, 15) is 9.90 Å². The molecule has 2 aromatic rings. The number of aliphatic hydroxyl groups is 1. The molecule has 5 heteroatoms. The maximum Gasteiger partial charge on any atom is 0.343 e. The maximum atomic E-state index is 12.1. The lowest BCUT2D eigenvalue weighted by atomic mass is 10.1. The van der Waals surface area contributed by atoms with Crippen molar-refractivity contribution in [1.29, 1.82) is 0 Å². The van der Waals surface area contributed by atoms with Crippen LogP contribution in [0.25, 0.3) is 5.76 Å². The number of ether oxygens (including phenoxy) is 1. The van der Waals surface area contributed by atoms with Crippen LogP contribution in [-0.4, -0.2) is 23.9 Å². The maximum absolute atomic E-state index is 12.1. The van der Waals surface area contributed by atoms with Crippen LogP contribution in [0.5, 0.6) is 0 Å². The third-order valence-corrected chi connectivity index (χ3v) is 3.50. The SMILES string of the molecule is CCOC(=O)C(C=Nc1ccccc1)=C(O)c1ccc(Br)cc1. The minimum absolute atomic E-state index is 0.0121. The van der Waals surface area contributed by atoms with Gasteiger partial charge in [0.25, 0.3) is 0 Å². The van der Waals surface area contributed by atoms with E-state index in [0.29, 0.717) is 11.3 Å². The Morgan fingerprint density at radius 1 is 1.17 bits per heavy atom. The summed E-state index contributed by atoms with van der Waals surface area (Å²) in [6, 6.07) is 16.1. The van der Waals surface area contributed by atoms with Crippen LogP contribution < -0.4 is 0 Å². The lowest BCUT2D eigenvalue weighted by Crippen LogP contribution is -2.11. The van der Waals surface area contributed by atoms with E-state index in [1.165, 1.54) is 6.21 Å². The van der Waals surface area contributed by atoms with Gasteiger partial charge in [0, 0.05) is 16.3 Å². The fourth-order valence-electron chi connectivity index (χ4n) is 1.84. The molecule has 0 aliphatic heterocycles. The van der Waals surface area contributed by atoms with Crippen molar-refractivity contribution in [2.45, 2.75) is 6.92 Å². The van der Waals surface area contributed by atoms with Crippen molar-refractivity contribution in [3.63, 3.8) is 0 Å². The molecule has 1 N–H and O–H groups in total. The topological polar surface area (TPSA) is 58.9 Å². The molecule has 0 aromatic heterocycles. The van der Waals surface area contributed by atoms with Crippen LogP contribution in [0.1, 0.15) is 12.5 Å². The second kappa shape index (κ2) is 8.29. The fraction of sp³-hybridized carbons (Fsp3) is 0.111. The number of halogens is 1. The molecule has 0 spiro atoms. The smallest absolute Gasteiger partial charge is 0.343 e. The van der Waals surface area contributed by atoms with E-state index in [1.807, 2.05) is 18.2 Å². The number of carbonyl (C=O) groups excluding carboxylic acids is 1. The van der Waals surface area contributed by atoms with E-state index >= 15 is 0 Å². The van der Waals surface area contributed by atoms with Gasteiger partial charge in [0.05, 0.1) is 12.3 Å². The molecule has 23 heavy (non-hydrogen) atoms. The Labute approximate surface area is 143 Å². The zero-order chi connectivity index (χ0) is 16.7. The van der Waals surface area contributed by atoms with E-state index in [1.54, 1.807) is 43.3 Å². The highest BCUT2D eigenvalue weighted by Crippen LogP contribution is 2.20. The number of benzene rings is 2. The number of hydrogen-bond acceptors (Lipinski definition) is 4. The molecule has 118 valence electrons. The van der Waals surface area contributed by atoms with Gasteiger partial charge in [-0.25, -0.2) is 4.79 Å². The molecule has 0 aliphatic carbocycles. The van der Waals surface area contributed by atoms with Gasteiger partial charge in [-0.3, -0.25) is 4.99 Å². The van der Waals surface area contributed by atoms with Crippen LogP contribution in [0.4, 0.5) is 5.69 Å². The van der Waals surface area contributed by atoms with Crippen molar-refractivity contribution in [3.05, 3.63) is 70.2 Å². The number of esters is 1. The number of nitrogens with zero attached hydrogens (tertiary/aromatic N) is 1. The van der Waals surface area contributed by atoms with Crippen molar-refractivity contribution >= 4 is 39.6 Å². The van der Waals surface area contributed by atoms with Crippen molar-refractivity contribution in [3.8, 4) is 0 Å². The molecule has 4 nitrogen and oxygen atoms in total. The standard InChI is InChI=1S/C18H16BrNO3/c1-2-23-18(22)16(12-20-15-6-4-3-5-7-15)17(21)13-8-10-14(19)11-9-13/h3-12,21H,2H2,1H3. The zero-order valence-corrected chi connectivity index (χ0v) is 14.2. The van der Waals surface area contributed by atoms with Gasteiger partial charge in [0.2, 0.25) is 0 Å². The van der Waals surface area contributed by atoms with Crippen LogP contribution in [0, 0.1) is 0 Å². The normalized spacial score (nSPS) is 12.1. The Kier molecular flexibility index (Phi) is 6.11. The fourth-order valence-corrected chi connectivity index (χ4v) is 2.10. The highest BCUT2D eigenvalue weighted by molar-refractivity contribution is 9.10. The largest absolute Gasteiger partial charge is 0.506 e. The lowest BCUT2D eigenvalue weighted by Gasteiger charge is -2.07. The number of carbonyl (C=O) groups is 1. The van der Waals surface area contributed by atoms with E-state index in [0.717, 1.165) is 4.47 Å². The molecule has 2 rings (SSSR count). The minimum atomic E-state index is -0.618. The highest BCUT2D eigenvalue weighted by Gasteiger charge is 2.16. The molecule has 0 radical (unpaired) electrons. The summed E-state index contributed by atoms with van der Waals surface area (Å²) < 4.78 is 5.88. The first-order valence-corrected chi connectivity index (χ1v) is 7.86. The Balaban J connectivity index is 2.40. The molecular formula is C18H16BrNO3. The summed E-state index contributed by atoms with van der Waals surface area (Å²) in [5.74, 6) is -0.789. The van der Waals surface area contributed by atoms with Gasteiger partial charge in [-0.05, 0) is 31.2 Å². The van der Waals surface area contributed by atoms with Gasteiger partial charge in [-0.1, -0.05) is 46.3 Å². The van der Waals surface area contributed by atoms with Crippen LogP contribution in [-0.2, 0) is 9.53 Å². The van der Waals surface area contributed by atoms with E-state index in [-0.39, 0.29) is 17.9 Å². The van der Waals surface area contributed by atoms with E-state index in [4.69, 9.17) is 4.74 Å². The summed E-state index contributed by atoms with van der Waals surface area (Å²) in [6.45, 7) is 1.93. The van der Waals surface area contributed by atoms with Crippen molar-refractivity contribution < 1.29 is 14.6 Å². The molecule has 0 atom stereocenters. The van der Waals surface area contributed by atoms with Gasteiger partial charge in [0.1, 0.15) is 11.3 Å². The molecule has 0 saturated carbocycles. The van der Waals surface area contributed by atoms with Gasteiger partial charge in [-0.2, -0.15) is 0 Å². The molecule has 0 amide bonds. The van der Waals surface area contributed by atoms with Gasteiger partial charge < -0.3 is 9.84 Å². The third kappa shape index (κ3) is 4.79. The molecule has 0 aliphatic rings. The molecule has 0 fully saturated rings. The summed E-state index contributed by atoms with van der Waals surface area (Å²) in [4.78, 5) is 16.3. The van der Waals surface area contributed by atoms with E-state index in [2.05, 4.69) is 20.9 Å². The highest BCUT2D eigenvalue weighted by atomic mass is 79.9.